The standard InChI is InChI=1S/C20H23N5O/c1-3-16-12-18(23(2)22-16)20(26)25-10-8-24(9-11-25)19-14-21-13-15-6-4-5-7-17(15)19/h4-7,12-14H,3,8-11H2,1-2H3. The first-order chi connectivity index (χ1) is 12.7. The number of amides is 1. The Balaban J connectivity index is 1.50. The molecule has 1 amide bonds. The van der Waals surface area contributed by atoms with Gasteiger partial charge in [0.2, 0.25) is 0 Å². The van der Waals surface area contributed by atoms with Crippen LogP contribution in [0.1, 0.15) is 23.1 Å². The van der Waals surface area contributed by atoms with Gasteiger partial charge in [-0.25, -0.2) is 0 Å². The molecule has 3 aromatic rings. The molecule has 1 aliphatic rings. The lowest BCUT2D eigenvalue weighted by Gasteiger charge is -2.36. The highest BCUT2D eigenvalue weighted by atomic mass is 16.2. The summed E-state index contributed by atoms with van der Waals surface area (Å²) in [6.45, 7) is 5.07. The maximum atomic E-state index is 12.8. The monoisotopic (exact) mass is 349 g/mol. The number of carbonyl (C=O) groups is 1. The summed E-state index contributed by atoms with van der Waals surface area (Å²) in [4.78, 5) is 21.5. The zero-order valence-electron chi connectivity index (χ0n) is 15.2. The largest absolute Gasteiger partial charge is 0.366 e. The third-order valence-corrected chi connectivity index (χ3v) is 5.07. The lowest BCUT2D eigenvalue weighted by atomic mass is 10.1. The van der Waals surface area contributed by atoms with E-state index in [0.717, 1.165) is 36.3 Å². The second-order valence-electron chi connectivity index (χ2n) is 6.66. The quantitative estimate of drug-likeness (QED) is 0.729. The van der Waals surface area contributed by atoms with Crippen LogP contribution < -0.4 is 4.90 Å². The van der Waals surface area contributed by atoms with Crippen LogP contribution in [0.25, 0.3) is 10.8 Å². The molecule has 1 fully saturated rings. The van der Waals surface area contributed by atoms with E-state index < -0.39 is 0 Å². The summed E-state index contributed by atoms with van der Waals surface area (Å²) >= 11 is 0. The number of carbonyl (C=O) groups excluding carboxylic acids is 1. The Bertz CT molecular complexity index is 935. The Morgan fingerprint density at radius 1 is 1.12 bits per heavy atom. The van der Waals surface area contributed by atoms with Crippen molar-refractivity contribution in [3.63, 3.8) is 0 Å². The molecule has 0 N–H and O–H groups in total. The van der Waals surface area contributed by atoms with E-state index in [1.54, 1.807) is 4.68 Å². The van der Waals surface area contributed by atoms with Crippen molar-refractivity contribution in [2.45, 2.75) is 13.3 Å². The van der Waals surface area contributed by atoms with Crippen molar-refractivity contribution < 1.29 is 4.79 Å². The molecule has 6 heteroatoms. The van der Waals surface area contributed by atoms with Crippen molar-refractivity contribution in [2.24, 2.45) is 7.05 Å². The van der Waals surface area contributed by atoms with Gasteiger partial charge in [0.1, 0.15) is 5.69 Å². The Kier molecular flexibility index (Phi) is 4.32. The van der Waals surface area contributed by atoms with Crippen LogP contribution in [0.3, 0.4) is 0 Å². The van der Waals surface area contributed by atoms with Gasteiger partial charge in [0, 0.05) is 50.2 Å². The van der Waals surface area contributed by atoms with Gasteiger partial charge >= 0.3 is 0 Å². The molecule has 0 unspecified atom stereocenters. The number of hydrogen-bond donors (Lipinski definition) is 0. The number of nitrogens with zero attached hydrogens (tertiary/aromatic N) is 5. The van der Waals surface area contributed by atoms with Gasteiger partial charge in [-0.1, -0.05) is 31.2 Å². The summed E-state index contributed by atoms with van der Waals surface area (Å²) in [6.07, 6.45) is 4.66. The predicted molar refractivity (Wildman–Crippen MR) is 102 cm³/mol. The SMILES string of the molecule is CCc1cc(C(=O)N2CCN(c3cncc4ccccc34)CC2)n(C)n1. The molecule has 26 heavy (non-hydrogen) atoms. The van der Waals surface area contributed by atoms with Gasteiger partial charge in [-0.15, -0.1) is 0 Å². The zero-order chi connectivity index (χ0) is 18.1. The lowest BCUT2D eigenvalue weighted by Crippen LogP contribution is -2.49. The molecular formula is C20H23N5O. The highest BCUT2D eigenvalue weighted by molar-refractivity contribution is 5.94. The van der Waals surface area contributed by atoms with Crippen LogP contribution in [0.15, 0.2) is 42.7 Å². The van der Waals surface area contributed by atoms with Crippen LogP contribution in [0.2, 0.25) is 0 Å². The molecule has 6 nitrogen and oxygen atoms in total. The van der Waals surface area contributed by atoms with Crippen LogP contribution >= 0.6 is 0 Å². The van der Waals surface area contributed by atoms with Gasteiger partial charge in [0.15, 0.2) is 0 Å². The number of fused-ring (bicyclic) bond motifs is 1. The van der Waals surface area contributed by atoms with E-state index in [2.05, 4.69) is 33.2 Å². The highest BCUT2D eigenvalue weighted by Gasteiger charge is 2.25. The molecule has 0 radical (unpaired) electrons. The maximum Gasteiger partial charge on any atom is 0.272 e. The molecule has 2 aromatic heterocycles. The third kappa shape index (κ3) is 2.92. The molecule has 3 heterocycles. The van der Waals surface area contributed by atoms with Gasteiger partial charge in [-0.05, 0) is 12.5 Å². The van der Waals surface area contributed by atoms with E-state index in [1.807, 2.05) is 43.4 Å². The van der Waals surface area contributed by atoms with E-state index in [1.165, 1.54) is 5.39 Å². The minimum atomic E-state index is 0.0652. The second-order valence-corrected chi connectivity index (χ2v) is 6.66. The molecular weight excluding hydrogens is 326 g/mol. The van der Waals surface area contributed by atoms with E-state index in [-0.39, 0.29) is 5.91 Å². The number of hydrogen-bond acceptors (Lipinski definition) is 4. The summed E-state index contributed by atoms with van der Waals surface area (Å²) in [6, 6.07) is 10.2. The molecule has 0 aliphatic carbocycles. The minimum absolute atomic E-state index is 0.0652. The van der Waals surface area contributed by atoms with Crippen LogP contribution in [0.4, 0.5) is 5.69 Å². The van der Waals surface area contributed by atoms with Gasteiger partial charge in [-0.2, -0.15) is 5.10 Å². The van der Waals surface area contributed by atoms with Crippen molar-refractivity contribution >= 4 is 22.4 Å². The Morgan fingerprint density at radius 2 is 1.88 bits per heavy atom. The molecule has 0 bridgehead atoms. The van der Waals surface area contributed by atoms with E-state index in [4.69, 9.17) is 0 Å². The number of rotatable bonds is 3. The normalized spacial score (nSPS) is 14.8. The molecule has 0 atom stereocenters. The number of aryl methyl sites for hydroxylation is 2. The fourth-order valence-electron chi connectivity index (χ4n) is 3.56. The van der Waals surface area contributed by atoms with Crippen LogP contribution in [-0.2, 0) is 13.5 Å². The molecule has 1 saturated heterocycles. The summed E-state index contributed by atoms with van der Waals surface area (Å²) in [5, 5.41) is 6.75. The first-order valence-electron chi connectivity index (χ1n) is 9.07. The van der Waals surface area contributed by atoms with Gasteiger partial charge < -0.3 is 9.80 Å². The summed E-state index contributed by atoms with van der Waals surface area (Å²) < 4.78 is 1.70. The molecule has 4 rings (SSSR count). The molecule has 0 saturated carbocycles. The fraction of sp³-hybridized carbons (Fsp3) is 0.350. The number of pyridine rings is 1. The molecule has 134 valence electrons. The third-order valence-electron chi connectivity index (χ3n) is 5.07. The Labute approximate surface area is 153 Å². The van der Waals surface area contributed by atoms with Crippen molar-refractivity contribution in [3.05, 3.63) is 54.1 Å². The van der Waals surface area contributed by atoms with Gasteiger partial charge in [0.05, 0.1) is 17.6 Å². The van der Waals surface area contributed by atoms with Crippen LogP contribution in [0.5, 0.6) is 0 Å². The maximum absolute atomic E-state index is 12.8. The summed E-state index contributed by atoms with van der Waals surface area (Å²) in [7, 11) is 1.84. The smallest absolute Gasteiger partial charge is 0.272 e. The molecule has 1 aliphatic heterocycles. The number of aromatic nitrogens is 3. The average Bonchev–Trinajstić information content (AvgIpc) is 3.08. The first-order valence-corrected chi connectivity index (χ1v) is 9.07. The average molecular weight is 349 g/mol. The van der Waals surface area contributed by atoms with Crippen LogP contribution in [-0.4, -0.2) is 51.8 Å². The fourth-order valence-corrected chi connectivity index (χ4v) is 3.56. The van der Waals surface area contributed by atoms with Gasteiger partial charge in [0.25, 0.3) is 5.91 Å². The van der Waals surface area contributed by atoms with Crippen molar-refractivity contribution in [1.29, 1.82) is 0 Å². The summed E-state index contributed by atoms with van der Waals surface area (Å²) in [5.41, 5.74) is 2.77. The van der Waals surface area contributed by atoms with Crippen molar-refractivity contribution in [1.82, 2.24) is 19.7 Å². The van der Waals surface area contributed by atoms with Crippen molar-refractivity contribution in [2.75, 3.05) is 31.1 Å². The first kappa shape index (κ1) is 16.6. The predicted octanol–water partition coefficient (Wildman–Crippen LogP) is 2.49. The zero-order valence-corrected chi connectivity index (χ0v) is 15.2. The Hall–Kier alpha value is -2.89. The van der Waals surface area contributed by atoms with Gasteiger partial charge in [-0.3, -0.25) is 14.5 Å². The summed E-state index contributed by atoms with van der Waals surface area (Å²) in [5.74, 6) is 0.0652. The number of benzene rings is 1. The van der Waals surface area contributed by atoms with E-state index >= 15 is 0 Å². The second kappa shape index (κ2) is 6.78. The van der Waals surface area contributed by atoms with Crippen LogP contribution in [0, 0.1) is 0 Å². The molecule has 0 spiro atoms. The topological polar surface area (TPSA) is 54.3 Å². The van der Waals surface area contributed by atoms with E-state index in [9.17, 15) is 4.79 Å². The van der Waals surface area contributed by atoms with E-state index in [0.29, 0.717) is 18.8 Å². The van der Waals surface area contributed by atoms with Crippen molar-refractivity contribution in [3.8, 4) is 0 Å². The molecule has 1 aromatic carbocycles. The highest BCUT2D eigenvalue weighted by Crippen LogP contribution is 2.26. The minimum Gasteiger partial charge on any atom is -0.366 e. The Morgan fingerprint density at radius 3 is 2.62 bits per heavy atom. The number of piperazine rings is 1. The number of anilines is 1. The lowest BCUT2D eigenvalue weighted by molar-refractivity contribution is 0.0736.